The molecule has 0 radical (unpaired) electrons. The van der Waals surface area contributed by atoms with Gasteiger partial charge in [-0.05, 0) is 25.7 Å². The fourth-order valence-corrected chi connectivity index (χ4v) is 6.83. The Labute approximate surface area is 127 Å². The first kappa shape index (κ1) is 13.8. The van der Waals surface area contributed by atoms with E-state index in [9.17, 15) is 19.6 Å². The van der Waals surface area contributed by atoms with Crippen LogP contribution in [0, 0.1) is 23.7 Å². The van der Waals surface area contributed by atoms with E-state index in [0.29, 0.717) is 28.9 Å². The van der Waals surface area contributed by atoms with Crippen molar-refractivity contribution in [2.24, 2.45) is 23.7 Å². The predicted octanol–water partition coefficient (Wildman–Crippen LogP) is 1.63. The lowest BCUT2D eigenvalue weighted by molar-refractivity contribution is -0.172. The lowest BCUT2D eigenvalue weighted by atomic mass is 9.69. The van der Waals surface area contributed by atoms with Crippen LogP contribution in [0.2, 0.25) is 0 Å². The number of nitrogens with zero attached hydrogens (tertiary/aromatic N) is 1. The number of carbonyl (C=O) groups excluding carboxylic acids is 3. The van der Waals surface area contributed by atoms with Crippen molar-refractivity contribution in [3.8, 4) is 0 Å². The molecule has 0 spiro atoms. The number of fused-ring (bicyclic) bond motifs is 4. The third-order valence-electron chi connectivity index (χ3n) is 5.76. The van der Waals surface area contributed by atoms with Crippen molar-refractivity contribution in [3.63, 3.8) is 0 Å². The van der Waals surface area contributed by atoms with Gasteiger partial charge in [0.05, 0.1) is 11.8 Å². The molecule has 21 heavy (non-hydrogen) atoms. The number of ketones is 1. The minimum atomic E-state index is -0.491. The molecule has 0 aromatic carbocycles. The second-order valence-electron chi connectivity index (χ2n) is 6.74. The summed E-state index contributed by atoms with van der Waals surface area (Å²) < 4.78 is 0. The van der Waals surface area contributed by atoms with Crippen LogP contribution < -0.4 is 0 Å². The molecule has 4 aliphatic rings. The zero-order chi connectivity index (χ0) is 14.7. The summed E-state index contributed by atoms with van der Waals surface area (Å²) in [5.41, 5.74) is 0. The van der Waals surface area contributed by atoms with Gasteiger partial charge in [-0.15, -0.1) is 0 Å². The molecule has 6 heteroatoms. The van der Waals surface area contributed by atoms with Crippen LogP contribution in [0.4, 0.5) is 0 Å². The summed E-state index contributed by atoms with van der Waals surface area (Å²) in [5.74, 6) is -1.49. The number of hydrogen-bond acceptors (Lipinski definition) is 5. The third-order valence-corrected chi connectivity index (χ3v) is 7.61. The Balaban J connectivity index is 1.66. The summed E-state index contributed by atoms with van der Waals surface area (Å²) >= 11 is 1.76. The molecule has 0 aromatic heterocycles. The van der Waals surface area contributed by atoms with E-state index in [0.717, 1.165) is 25.7 Å². The Morgan fingerprint density at radius 3 is 2.43 bits per heavy atom. The first-order chi connectivity index (χ1) is 10.1. The number of Topliss-reactive ketones (excluding diaryl/α,β-unsaturated/α-hetero) is 1. The molecule has 2 saturated heterocycles. The van der Waals surface area contributed by atoms with E-state index in [1.165, 1.54) is 0 Å². The lowest BCUT2D eigenvalue weighted by Gasteiger charge is -2.46. The van der Waals surface area contributed by atoms with Crippen LogP contribution in [0.25, 0.3) is 0 Å². The summed E-state index contributed by atoms with van der Waals surface area (Å²) in [5, 5.41) is 10.1. The highest BCUT2D eigenvalue weighted by molar-refractivity contribution is 8.00. The summed E-state index contributed by atoms with van der Waals surface area (Å²) in [7, 11) is 0. The van der Waals surface area contributed by atoms with Crippen LogP contribution in [0.1, 0.15) is 38.5 Å². The number of thioether (sulfide) groups is 1. The minimum Gasteiger partial charge on any atom is -0.299 e. The molecule has 2 amide bonds. The minimum absolute atomic E-state index is 0.0983. The topological polar surface area (TPSA) is 74.7 Å². The van der Waals surface area contributed by atoms with Gasteiger partial charge in [0.1, 0.15) is 5.78 Å². The highest BCUT2D eigenvalue weighted by Gasteiger charge is 2.59. The van der Waals surface area contributed by atoms with Gasteiger partial charge in [0.25, 0.3) is 11.8 Å². The van der Waals surface area contributed by atoms with Gasteiger partial charge in [-0.2, -0.15) is 16.8 Å². The molecular weight excluding hydrogens is 290 g/mol. The molecule has 2 saturated carbocycles. The molecule has 6 unspecified atom stereocenters. The summed E-state index contributed by atoms with van der Waals surface area (Å²) in [6.07, 6.45) is 5.52. The van der Waals surface area contributed by atoms with Crippen molar-refractivity contribution in [2.75, 3.05) is 0 Å². The monoisotopic (exact) mass is 309 g/mol. The molecule has 4 rings (SSSR count). The third kappa shape index (κ3) is 1.84. The van der Waals surface area contributed by atoms with Crippen molar-refractivity contribution in [1.82, 2.24) is 5.06 Å². The number of imide groups is 1. The molecule has 114 valence electrons. The van der Waals surface area contributed by atoms with E-state index >= 15 is 0 Å². The number of rotatable bonds is 0. The zero-order valence-electron chi connectivity index (χ0n) is 11.7. The smallest absolute Gasteiger partial charge is 0.258 e. The molecule has 6 atom stereocenters. The second-order valence-corrected chi connectivity index (χ2v) is 8.16. The fraction of sp³-hybridized carbons (Fsp3) is 0.800. The van der Waals surface area contributed by atoms with Crippen molar-refractivity contribution < 1.29 is 19.6 Å². The van der Waals surface area contributed by atoms with Gasteiger partial charge < -0.3 is 0 Å². The SMILES string of the molecule is O=C1C2CCCCC2SC2C1CCC1C(=O)N(O)C(=O)C12. The second kappa shape index (κ2) is 4.81. The van der Waals surface area contributed by atoms with Gasteiger partial charge >= 0.3 is 0 Å². The molecule has 5 nitrogen and oxygen atoms in total. The van der Waals surface area contributed by atoms with Crippen molar-refractivity contribution in [1.29, 1.82) is 0 Å². The maximum Gasteiger partial charge on any atom is 0.258 e. The Kier molecular flexibility index (Phi) is 3.15. The van der Waals surface area contributed by atoms with Gasteiger partial charge in [0, 0.05) is 22.3 Å². The molecule has 0 aromatic rings. The number of carbonyl (C=O) groups is 3. The molecule has 1 N–H and O–H groups in total. The molecule has 0 bridgehead atoms. The highest BCUT2D eigenvalue weighted by Crippen LogP contribution is 2.54. The Hall–Kier alpha value is -0.880. The van der Waals surface area contributed by atoms with E-state index in [4.69, 9.17) is 0 Å². The van der Waals surface area contributed by atoms with Crippen molar-refractivity contribution >= 4 is 29.4 Å². The Bertz CT molecular complexity index is 522. The van der Waals surface area contributed by atoms with E-state index in [2.05, 4.69) is 0 Å². The van der Waals surface area contributed by atoms with E-state index in [1.807, 2.05) is 0 Å². The zero-order valence-corrected chi connectivity index (χ0v) is 12.6. The Morgan fingerprint density at radius 2 is 1.62 bits per heavy atom. The van der Waals surface area contributed by atoms with Crippen LogP contribution in [0.5, 0.6) is 0 Å². The first-order valence-corrected chi connectivity index (χ1v) is 8.79. The van der Waals surface area contributed by atoms with Crippen molar-refractivity contribution in [3.05, 3.63) is 0 Å². The largest absolute Gasteiger partial charge is 0.299 e. The standard InChI is InChI=1S/C15H19NO4S/c17-12-7-3-1-2-4-10(7)21-13-9(12)6-5-8-11(13)15(19)16(20)14(8)18/h7-11,13,20H,1-6H2. The number of hydroxylamine groups is 2. The molecule has 4 fully saturated rings. The van der Waals surface area contributed by atoms with E-state index < -0.39 is 23.7 Å². The van der Waals surface area contributed by atoms with E-state index in [1.54, 1.807) is 11.8 Å². The lowest BCUT2D eigenvalue weighted by Crippen LogP contribution is -2.51. The summed E-state index contributed by atoms with van der Waals surface area (Å²) in [6, 6.07) is 0. The maximum absolute atomic E-state index is 12.8. The van der Waals surface area contributed by atoms with Gasteiger partial charge in [-0.1, -0.05) is 12.8 Å². The van der Waals surface area contributed by atoms with Crippen LogP contribution in [0.3, 0.4) is 0 Å². The molecule has 2 aliphatic heterocycles. The average molecular weight is 309 g/mol. The Morgan fingerprint density at radius 1 is 0.905 bits per heavy atom. The summed E-state index contributed by atoms with van der Waals surface area (Å²) in [4.78, 5) is 36.9. The molecule has 2 aliphatic carbocycles. The molecular formula is C15H19NO4S. The van der Waals surface area contributed by atoms with Crippen LogP contribution in [0.15, 0.2) is 0 Å². The molecule has 2 heterocycles. The van der Waals surface area contributed by atoms with Gasteiger partial charge in [-0.25, -0.2) is 0 Å². The van der Waals surface area contributed by atoms with Crippen molar-refractivity contribution in [2.45, 2.75) is 49.0 Å². The van der Waals surface area contributed by atoms with Gasteiger partial charge in [0.15, 0.2) is 0 Å². The van der Waals surface area contributed by atoms with Crippen LogP contribution in [-0.2, 0) is 14.4 Å². The number of hydrogen-bond donors (Lipinski definition) is 1. The normalized spacial score (nSPS) is 46.1. The average Bonchev–Trinajstić information content (AvgIpc) is 2.72. The quantitative estimate of drug-likeness (QED) is 0.544. The van der Waals surface area contributed by atoms with E-state index in [-0.39, 0.29) is 17.1 Å². The van der Waals surface area contributed by atoms with Gasteiger partial charge in [0.2, 0.25) is 0 Å². The maximum atomic E-state index is 12.8. The highest BCUT2D eigenvalue weighted by atomic mass is 32.2. The van der Waals surface area contributed by atoms with Crippen LogP contribution >= 0.6 is 11.8 Å². The predicted molar refractivity (Wildman–Crippen MR) is 75.5 cm³/mol. The summed E-state index contributed by atoms with van der Waals surface area (Å²) in [6.45, 7) is 0. The van der Waals surface area contributed by atoms with Crippen LogP contribution in [-0.4, -0.2) is 38.4 Å². The number of amides is 2. The van der Waals surface area contributed by atoms with Gasteiger partial charge in [-0.3, -0.25) is 19.6 Å². The fourth-order valence-electron chi connectivity index (χ4n) is 4.72. The first-order valence-electron chi connectivity index (χ1n) is 7.85.